The number of hydrogen-bond acceptors (Lipinski definition) is 6. The lowest BCUT2D eigenvalue weighted by Crippen LogP contribution is -2.73. The van der Waals surface area contributed by atoms with E-state index in [9.17, 15) is 29.4 Å². The minimum absolute atomic E-state index is 0.00496. The Morgan fingerprint density at radius 1 is 1.00 bits per heavy atom. The molecule has 6 nitrogen and oxygen atoms in total. The molecule has 0 aliphatic heterocycles. The number of fused-ring (bicyclic) bond motifs is 3. The van der Waals surface area contributed by atoms with Crippen molar-refractivity contribution in [3.8, 4) is 17.6 Å². The third-order valence-electron chi connectivity index (χ3n) is 10.0. The Morgan fingerprint density at radius 3 is 2.19 bits per heavy atom. The minimum atomic E-state index is -2.55. The van der Waals surface area contributed by atoms with Crippen LogP contribution >= 0.6 is 0 Å². The van der Waals surface area contributed by atoms with Crippen LogP contribution in [-0.2, 0) is 20.8 Å². The van der Waals surface area contributed by atoms with E-state index >= 15 is 0 Å². The van der Waals surface area contributed by atoms with E-state index in [1.54, 1.807) is 19.9 Å². The zero-order valence-corrected chi connectivity index (χ0v) is 25.8. The highest BCUT2D eigenvalue weighted by Gasteiger charge is 2.73. The number of carbonyl (C=O) groups is 4. The summed E-state index contributed by atoms with van der Waals surface area (Å²) >= 11 is 0. The van der Waals surface area contributed by atoms with Gasteiger partial charge < -0.3 is 10.2 Å². The number of aliphatic hydroxyl groups is 1. The SMILES string of the molecule is C=C(C)c1ccc(C#Cc2ccc(O)c3c2C[C@@]2(C)C[C@@]4(C)C(C(C)C)=C(C)C(C(C)=O)C(=O)[C@@]4(O)C(=O)C2C3=O)cc1. The van der Waals surface area contributed by atoms with Gasteiger partial charge in [0.15, 0.2) is 23.0 Å². The zero-order valence-electron chi connectivity index (χ0n) is 25.8. The summed E-state index contributed by atoms with van der Waals surface area (Å²) in [6.45, 7) is 16.3. The number of ketones is 4. The lowest BCUT2D eigenvalue weighted by molar-refractivity contribution is -0.183. The van der Waals surface area contributed by atoms with Gasteiger partial charge in [0.25, 0.3) is 0 Å². The Kier molecular flexibility index (Phi) is 7.06. The molecule has 2 aromatic rings. The van der Waals surface area contributed by atoms with Gasteiger partial charge >= 0.3 is 0 Å². The summed E-state index contributed by atoms with van der Waals surface area (Å²) in [7, 11) is 0. The first-order valence-electron chi connectivity index (χ1n) is 14.7. The first kappa shape index (κ1) is 30.4. The van der Waals surface area contributed by atoms with Gasteiger partial charge in [-0.2, -0.15) is 0 Å². The monoisotopic (exact) mass is 578 g/mol. The fraction of sp³-hybridized carbons (Fsp3) is 0.405. The highest BCUT2D eigenvalue weighted by atomic mass is 16.3. The molecular weight excluding hydrogens is 540 g/mol. The Bertz CT molecular complexity index is 1730. The molecule has 3 aliphatic carbocycles. The molecule has 1 saturated carbocycles. The van der Waals surface area contributed by atoms with Gasteiger partial charge in [-0.1, -0.05) is 75.0 Å². The number of phenols is 1. The lowest BCUT2D eigenvalue weighted by Gasteiger charge is -2.60. The molecule has 0 bridgehead atoms. The van der Waals surface area contributed by atoms with Gasteiger partial charge in [0, 0.05) is 16.5 Å². The first-order chi connectivity index (χ1) is 20.0. The van der Waals surface area contributed by atoms with Gasteiger partial charge in [-0.15, -0.1) is 0 Å². The van der Waals surface area contributed by atoms with Crippen LogP contribution in [0.3, 0.4) is 0 Å². The fourth-order valence-electron chi connectivity index (χ4n) is 8.43. The molecule has 1 fully saturated rings. The van der Waals surface area contributed by atoms with E-state index in [1.165, 1.54) is 13.0 Å². The second-order valence-corrected chi connectivity index (χ2v) is 13.5. The zero-order chi connectivity index (χ0) is 31.8. The van der Waals surface area contributed by atoms with E-state index in [-0.39, 0.29) is 30.1 Å². The van der Waals surface area contributed by atoms with Crippen LogP contribution in [0.4, 0.5) is 0 Å². The van der Waals surface area contributed by atoms with E-state index in [0.717, 1.165) is 16.7 Å². The molecule has 0 amide bonds. The van der Waals surface area contributed by atoms with Crippen LogP contribution in [0.15, 0.2) is 54.1 Å². The van der Waals surface area contributed by atoms with Crippen LogP contribution in [0, 0.1) is 40.4 Å². The maximum atomic E-state index is 14.4. The molecule has 5 rings (SSSR count). The molecule has 2 unspecified atom stereocenters. The molecule has 0 aromatic heterocycles. The molecule has 43 heavy (non-hydrogen) atoms. The topological polar surface area (TPSA) is 109 Å². The highest BCUT2D eigenvalue weighted by Crippen LogP contribution is 2.64. The van der Waals surface area contributed by atoms with E-state index < -0.39 is 51.4 Å². The van der Waals surface area contributed by atoms with E-state index in [0.29, 0.717) is 22.3 Å². The summed E-state index contributed by atoms with van der Waals surface area (Å²) in [6, 6.07) is 10.7. The number of phenolic OH excluding ortho intramolecular Hbond substituents is 1. The van der Waals surface area contributed by atoms with Crippen molar-refractivity contribution in [1.82, 2.24) is 0 Å². The molecule has 2 aromatic carbocycles. The van der Waals surface area contributed by atoms with Crippen molar-refractivity contribution < 1.29 is 29.4 Å². The molecule has 222 valence electrons. The number of hydrogen-bond donors (Lipinski definition) is 2. The largest absolute Gasteiger partial charge is 0.507 e. The highest BCUT2D eigenvalue weighted by molar-refractivity contribution is 6.27. The number of Topliss-reactive ketones (excluding diaryl/α,β-unsaturated/α-hetero) is 4. The van der Waals surface area contributed by atoms with Gasteiger partial charge in [0.05, 0.1) is 11.5 Å². The van der Waals surface area contributed by atoms with Crippen LogP contribution in [0.25, 0.3) is 5.57 Å². The molecule has 3 aliphatic rings. The summed E-state index contributed by atoms with van der Waals surface area (Å²) in [5, 5.41) is 23.1. The normalized spacial score (nSPS) is 29.8. The van der Waals surface area contributed by atoms with Gasteiger partial charge in [-0.05, 0) is 80.3 Å². The Balaban J connectivity index is 1.68. The average Bonchev–Trinajstić information content (AvgIpc) is 2.90. The number of benzene rings is 2. The smallest absolute Gasteiger partial charge is 0.192 e. The minimum Gasteiger partial charge on any atom is -0.507 e. The van der Waals surface area contributed by atoms with Crippen molar-refractivity contribution in [1.29, 1.82) is 0 Å². The van der Waals surface area contributed by atoms with Gasteiger partial charge in [-0.3, -0.25) is 19.2 Å². The number of rotatable bonds is 3. The third-order valence-corrected chi connectivity index (χ3v) is 10.0. The molecule has 0 spiro atoms. The average molecular weight is 579 g/mol. The molecule has 0 heterocycles. The summed E-state index contributed by atoms with van der Waals surface area (Å²) in [5.74, 6) is 0.398. The van der Waals surface area contributed by atoms with Gasteiger partial charge in [0.2, 0.25) is 0 Å². The van der Waals surface area contributed by atoms with E-state index in [2.05, 4.69) is 18.4 Å². The van der Waals surface area contributed by atoms with Crippen LogP contribution < -0.4 is 0 Å². The molecule has 0 saturated heterocycles. The van der Waals surface area contributed by atoms with Crippen molar-refractivity contribution in [2.45, 2.75) is 66.9 Å². The van der Waals surface area contributed by atoms with Crippen LogP contribution in [0.5, 0.6) is 5.75 Å². The van der Waals surface area contributed by atoms with Gasteiger partial charge in [0.1, 0.15) is 17.5 Å². The lowest BCUT2D eigenvalue weighted by atomic mass is 9.41. The molecular formula is C37H38O6. The third kappa shape index (κ3) is 4.20. The first-order valence-corrected chi connectivity index (χ1v) is 14.7. The Labute approximate surface area is 252 Å². The predicted octanol–water partition coefficient (Wildman–Crippen LogP) is 5.66. The summed E-state index contributed by atoms with van der Waals surface area (Å²) in [6.07, 6.45) is 0.391. The number of aromatic hydroxyl groups is 1. The van der Waals surface area contributed by atoms with Crippen LogP contribution in [0.1, 0.15) is 87.5 Å². The second kappa shape index (κ2) is 9.99. The van der Waals surface area contributed by atoms with Crippen molar-refractivity contribution in [3.63, 3.8) is 0 Å². The van der Waals surface area contributed by atoms with E-state index in [4.69, 9.17) is 0 Å². The Hall–Kier alpha value is -4.08. The maximum absolute atomic E-state index is 14.4. The summed E-state index contributed by atoms with van der Waals surface area (Å²) < 4.78 is 0. The maximum Gasteiger partial charge on any atom is 0.192 e. The summed E-state index contributed by atoms with van der Waals surface area (Å²) in [4.78, 5) is 55.3. The number of carbonyl (C=O) groups excluding carboxylic acids is 4. The van der Waals surface area contributed by atoms with Crippen molar-refractivity contribution in [3.05, 3.63) is 81.9 Å². The van der Waals surface area contributed by atoms with E-state index in [1.807, 2.05) is 52.0 Å². The molecule has 5 atom stereocenters. The molecule has 6 heteroatoms. The summed E-state index contributed by atoms with van der Waals surface area (Å²) in [5.41, 5.74) is 0.230. The van der Waals surface area contributed by atoms with Crippen LogP contribution in [0.2, 0.25) is 0 Å². The fourth-order valence-corrected chi connectivity index (χ4v) is 8.43. The van der Waals surface area contributed by atoms with Crippen molar-refractivity contribution in [2.75, 3.05) is 0 Å². The quantitative estimate of drug-likeness (QED) is 0.277. The second-order valence-electron chi connectivity index (χ2n) is 13.5. The van der Waals surface area contributed by atoms with Crippen LogP contribution in [-0.4, -0.2) is 38.9 Å². The van der Waals surface area contributed by atoms with Crippen molar-refractivity contribution >= 4 is 28.7 Å². The molecule has 2 N–H and O–H groups in total. The standard InChI is InChI=1S/C37H38O6/c1-19(2)24-12-9-23(10-13-24)11-14-25-15-16-27(39)29-26(25)17-35(7)18-36(8)30(20(3)4)21(5)28(22(6)38)33(41)37(36,43)34(42)31(35)32(29)40/h9-10,12-13,15-16,20,28,31,39,43H,1,17-18H2,2-8H3/t28?,31?,35-,36-,37+/m0/s1. The molecule has 0 radical (unpaired) electrons. The van der Waals surface area contributed by atoms with Gasteiger partial charge in [-0.25, -0.2) is 0 Å². The van der Waals surface area contributed by atoms with Crippen molar-refractivity contribution in [2.24, 2.45) is 28.6 Å². The number of allylic oxidation sites excluding steroid dienone is 2. The Morgan fingerprint density at radius 2 is 1.63 bits per heavy atom. The predicted molar refractivity (Wildman–Crippen MR) is 164 cm³/mol.